The highest BCUT2D eigenvalue weighted by Crippen LogP contribution is 2.22. The number of hydrogen-bond donors (Lipinski definition) is 1. The van der Waals surface area contributed by atoms with E-state index in [9.17, 15) is 9.59 Å². The van der Waals surface area contributed by atoms with E-state index in [-0.39, 0.29) is 30.6 Å². The number of benzene rings is 1. The van der Waals surface area contributed by atoms with Crippen LogP contribution in [-0.4, -0.2) is 53.6 Å². The number of aromatic nitrogens is 1. The summed E-state index contributed by atoms with van der Waals surface area (Å²) in [5.41, 5.74) is 1.62. The van der Waals surface area contributed by atoms with Gasteiger partial charge in [0.1, 0.15) is 11.9 Å². The molecule has 0 unspecified atom stereocenters. The van der Waals surface area contributed by atoms with Crippen LogP contribution in [-0.2, 0) is 16.1 Å². The minimum atomic E-state index is -0.337. The van der Waals surface area contributed by atoms with Crippen molar-refractivity contribution in [2.75, 3.05) is 19.7 Å². The van der Waals surface area contributed by atoms with Crippen LogP contribution in [0.25, 0.3) is 0 Å². The monoisotopic (exact) mass is 451 g/mol. The smallest absolute Gasteiger partial charge is 0.344 e. The fourth-order valence-corrected chi connectivity index (χ4v) is 4.58. The molecule has 2 aliphatic rings. The third-order valence-electron chi connectivity index (χ3n) is 6.39. The van der Waals surface area contributed by atoms with Gasteiger partial charge in [0, 0.05) is 30.5 Å². The van der Waals surface area contributed by atoms with Crippen LogP contribution in [0.1, 0.15) is 60.9 Å². The number of pyridine rings is 1. The predicted molar refractivity (Wildman–Crippen MR) is 125 cm³/mol. The second-order valence-electron chi connectivity index (χ2n) is 8.84. The minimum absolute atomic E-state index is 0.00555. The summed E-state index contributed by atoms with van der Waals surface area (Å²) in [6.45, 7) is 2.23. The van der Waals surface area contributed by atoms with Crippen molar-refractivity contribution in [1.29, 1.82) is 0 Å². The van der Waals surface area contributed by atoms with Gasteiger partial charge in [0.25, 0.3) is 5.91 Å². The SMILES string of the molecule is O=C(COc1ccc(C(=O)N(Cc2cccnc2)C2CCNCC2)cc1)OC1CCCCC1. The molecule has 0 spiro atoms. The van der Waals surface area contributed by atoms with Crippen LogP contribution in [0.3, 0.4) is 0 Å². The van der Waals surface area contributed by atoms with E-state index in [4.69, 9.17) is 9.47 Å². The second-order valence-corrected chi connectivity index (χ2v) is 8.84. The summed E-state index contributed by atoms with van der Waals surface area (Å²) in [7, 11) is 0. The molecule has 4 rings (SSSR count). The van der Waals surface area contributed by atoms with Gasteiger partial charge in [-0.2, -0.15) is 0 Å². The van der Waals surface area contributed by atoms with Crippen molar-refractivity contribution in [3.05, 3.63) is 59.9 Å². The van der Waals surface area contributed by atoms with E-state index in [1.807, 2.05) is 23.2 Å². The molecule has 1 aliphatic carbocycles. The summed E-state index contributed by atoms with van der Waals surface area (Å²) >= 11 is 0. The normalized spacial score (nSPS) is 17.3. The summed E-state index contributed by atoms with van der Waals surface area (Å²) in [5, 5.41) is 3.36. The lowest BCUT2D eigenvalue weighted by molar-refractivity contribution is -0.152. The van der Waals surface area contributed by atoms with Gasteiger partial charge in [-0.15, -0.1) is 0 Å². The van der Waals surface area contributed by atoms with E-state index >= 15 is 0 Å². The molecule has 1 aromatic heterocycles. The molecular formula is C26H33N3O4. The topological polar surface area (TPSA) is 80.8 Å². The van der Waals surface area contributed by atoms with Gasteiger partial charge in [0.05, 0.1) is 0 Å². The molecule has 1 saturated heterocycles. The lowest BCUT2D eigenvalue weighted by Crippen LogP contribution is -2.45. The molecule has 2 heterocycles. The molecule has 1 saturated carbocycles. The zero-order valence-corrected chi connectivity index (χ0v) is 19.1. The van der Waals surface area contributed by atoms with Gasteiger partial charge in [-0.25, -0.2) is 4.79 Å². The molecule has 33 heavy (non-hydrogen) atoms. The standard InChI is InChI=1S/C26H33N3O4/c30-25(33-24-6-2-1-3-7-24)19-32-23-10-8-21(9-11-23)26(31)29(22-12-15-27-16-13-22)18-20-5-4-14-28-17-20/h4-5,8-11,14,17,22,24,27H,1-3,6-7,12-13,15-16,18-19H2. The van der Waals surface area contributed by atoms with Crippen LogP contribution >= 0.6 is 0 Å². The van der Waals surface area contributed by atoms with E-state index in [1.165, 1.54) is 6.42 Å². The van der Waals surface area contributed by atoms with Crippen molar-refractivity contribution >= 4 is 11.9 Å². The van der Waals surface area contributed by atoms with Gasteiger partial charge < -0.3 is 19.7 Å². The maximum Gasteiger partial charge on any atom is 0.344 e. The lowest BCUT2D eigenvalue weighted by Gasteiger charge is -2.35. The number of nitrogens with one attached hydrogen (secondary N) is 1. The third-order valence-corrected chi connectivity index (χ3v) is 6.39. The predicted octanol–water partition coefficient (Wildman–Crippen LogP) is 3.73. The fraction of sp³-hybridized carbons (Fsp3) is 0.500. The van der Waals surface area contributed by atoms with Gasteiger partial charge >= 0.3 is 5.97 Å². The van der Waals surface area contributed by atoms with E-state index in [1.54, 1.807) is 30.5 Å². The van der Waals surface area contributed by atoms with E-state index < -0.39 is 0 Å². The van der Waals surface area contributed by atoms with E-state index in [2.05, 4.69) is 10.3 Å². The van der Waals surface area contributed by atoms with Crippen LogP contribution in [0.2, 0.25) is 0 Å². The maximum atomic E-state index is 13.4. The first-order valence-electron chi connectivity index (χ1n) is 12.0. The number of ether oxygens (including phenoxy) is 2. The Morgan fingerprint density at radius 1 is 1.00 bits per heavy atom. The molecule has 0 radical (unpaired) electrons. The highest BCUT2D eigenvalue weighted by atomic mass is 16.6. The summed E-state index contributed by atoms with van der Waals surface area (Å²) in [6.07, 6.45) is 10.8. The molecular weight excluding hydrogens is 418 g/mol. The third kappa shape index (κ3) is 6.78. The number of piperidine rings is 1. The second kappa shape index (κ2) is 11.8. The molecule has 1 aromatic carbocycles. The van der Waals surface area contributed by atoms with Gasteiger partial charge in [-0.1, -0.05) is 12.5 Å². The Morgan fingerprint density at radius 3 is 2.45 bits per heavy atom. The molecule has 1 aliphatic heterocycles. The summed E-state index contributed by atoms with van der Waals surface area (Å²) in [5.74, 6) is 0.206. The largest absolute Gasteiger partial charge is 0.482 e. The molecule has 7 nitrogen and oxygen atoms in total. The highest BCUT2D eigenvalue weighted by molar-refractivity contribution is 5.94. The zero-order chi connectivity index (χ0) is 22.9. The zero-order valence-electron chi connectivity index (χ0n) is 19.1. The van der Waals surface area contributed by atoms with Crippen LogP contribution in [0.5, 0.6) is 5.75 Å². The van der Waals surface area contributed by atoms with Crippen LogP contribution in [0.15, 0.2) is 48.8 Å². The van der Waals surface area contributed by atoms with Crippen LogP contribution in [0, 0.1) is 0 Å². The molecule has 1 N–H and O–H groups in total. The van der Waals surface area contributed by atoms with Crippen molar-refractivity contribution < 1.29 is 19.1 Å². The lowest BCUT2D eigenvalue weighted by atomic mass is 9.98. The molecule has 2 aromatic rings. The van der Waals surface area contributed by atoms with Crippen molar-refractivity contribution in [2.45, 2.75) is 63.6 Å². The number of rotatable bonds is 8. The average molecular weight is 452 g/mol. The number of carbonyl (C=O) groups is 2. The first kappa shape index (κ1) is 23.2. The van der Waals surface area contributed by atoms with Gasteiger partial charge in [-0.3, -0.25) is 9.78 Å². The quantitative estimate of drug-likeness (QED) is 0.616. The fourth-order valence-electron chi connectivity index (χ4n) is 4.58. The van der Waals surface area contributed by atoms with Gasteiger partial charge in [-0.05, 0) is 87.5 Å². The summed E-state index contributed by atoms with van der Waals surface area (Å²) < 4.78 is 11.1. The van der Waals surface area contributed by atoms with Crippen molar-refractivity contribution in [2.24, 2.45) is 0 Å². The summed E-state index contributed by atoms with van der Waals surface area (Å²) in [6, 6.07) is 11.1. The van der Waals surface area contributed by atoms with Gasteiger partial charge in [0.15, 0.2) is 6.61 Å². The van der Waals surface area contributed by atoms with Crippen LogP contribution in [0.4, 0.5) is 0 Å². The Bertz CT molecular complexity index is 892. The van der Waals surface area contributed by atoms with Crippen molar-refractivity contribution in [3.8, 4) is 5.75 Å². The van der Waals surface area contributed by atoms with Crippen molar-refractivity contribution in [3.63, 3.8) is 0 Å². The molecule has 176 valence electrons. The average Bonchev–Trinajstić information content (AvgIpc) is 2.88. The Hall–Kier alpha value is -2.93. The Balaban J connectivity index is 1.36. The molecule has 0 bridgehead atoms. The number of nitrogens with zero attached hydrogens (tertiary/aromatic N) is 2. The number of esters is 1. The molecule has 0 atom stereocenters. The van der Waals surface area contributed by atoms with Gasteiger partial charge in [0.2, 0.25) is 0 Å². The molecule has 2 fully saturated rings. The minimum Gasteiger partial charge on any atom is -0.482 e. The Kier molecular flexibility index (Phi) is 8.30. The number of hydrogen-bond acceptors (Lipinski definition) is 6. The molecule has 7 heteroatoms. The number of amides is 1. The van der Waals surface area contributed by atoms with E-state index in [0.29, 0.717) is 17.9 Å². The Labute approximate surface area is 195 Å². The Morgan fingerprint density at radius 2 is 1.76 bits per heavy atom. The maximum absolute atomic E-state index is 13.4. The van der Waals surface area contributed by atoms with Crippen molar-refractivity contribution in [1.82, 2.24) is 15.2 Å². The highest BCUT2D eigenvalue weighted by Gasteiger charge is 2.26. The molecule has 1 amide bonds. The summed E-state index contributed by atoms with van der Waals surface area (Å²) in [4.78, 5) is 31.6. The van der Waals surface area contributed by atoms with E-state index in [0.717, 1.165) is 57.2 Å². The number of carbonyl (C=O) groups excluding carboxylic acids is 2. The first-order valence-corrected chi connectivity index (χ1v) is 12.0. The van der Waals surface area contributed by atoms with Crippen LogP contribution < -0.4 is 10.1 Å². The first-order chi connectivity index (χ1) is 16.2.